The molecular formula is C57H37N5O. The lowest BCUT2D eigenvalue weighted by Gasteiger charge is -2.16. The lowest BCUT2D eigenvalue weighted by molar-refractivity contribution is 0.669. The largest absolute Gasteiger partial charge is 0.456 e. The number of furan rings is 1. The summed E-state index contributed by atoms with van der Waals surface area (Å²) in [4.78, 5) is 20.9. The molecule has 8 aromatic carbocycles. The van der Waals surface area contributed by atoms with Gasteiger partial charge in [-0.1, -0.05) is 158 Å². The van der Waals surface area contributed by atoms with Crippen molar-refractivity contribution in [3.63, 3.8) is 0 Å². The summed E-state index contributed by atoms with van der Waals surface area (Å²) < 4.78 is 8.82. The van der Waals surface area contributed by atoms with Gasteiger partial charge in [0.1, 0.15) is 22.8 Å². The van der Waals surface area contributed by atoms with E-state index in [4.69, 9.17) is 24.4 Å². The molecule has 0 aliphatic heterocycles. The molecule has 4 aromatic heterocycles. The first-order valence-electron chi connectivity index (χ1n) is 21.2. The van der Waals surface area contributed by atoms with Gasteiger partial charge in [-0.15, -0.1) is 0 Å². The first-order chi connectivity index (χ1) is 31.2. The van der Waals surface area contributed by atoms with Crippen molar-refractivity contribution >= 4 is 43.7 Å². The highest BCUT2D eigenvalue weighted by Gasteiger charge is 2.23. The van der Waals surface area contributed by atoms with E-state index in [0.717, 1.165) is 99.6 Å². The van der Waals surface area contributed by atoms with Crippen LogP contribution in [0.15, 0.2) is 217 Å². The molecule has 0 aliphatic rings. The van der Waals surface area contributed by atoms with Gasteiger partial charge in [0.05, 0.1) is 16.4 Å². The number of pyridine rings is 1. The summed E-state index contributed by atoms with van der Waals surface area (Å²) in [6, 6.07) is 71.6. The third kappa shape index (κ3) is 6.53. The molecule has 0 N–H and O–H groups in total. The number of rotatable bonds is 8. The van der Waals surface area contributed by atoms with E-state index in [2.05, 4.69) is 138 Å². The van der Waals surface area contributed by atoms with Gasteiger partial charge in [-0.2, -0.15) is 0 Å². The van der Waals surface area contributed by atoms with Crippen LogP contribution in [-0.2, 0) is 6.42 Å². The standard InChI is InChI=1S/C57H37N5O/c1-5-17-37(18-6-1)41-31-42(38-19-7-2-8-20-38)33-43(32-41)45-34-44(35-52-59-55(39-21-9-3-10-22-39)61-56(60-52)40-23-11-4-12-24-40)57(58-36-45)62-49-27-15-13-25-46(49)47-29-30-51-53(54(47)62)48-26-14-16-28-50(48)63-51/h1-34,36H,35H2. The Labute approximate surface area is 363 Å². The molecule has 0 atom stereocenters. The first-order valence-corrected chi connectivity index (χ1v) is 21.2. The Bertz CT molecular complexity index is 3520. The van der Waals surface area contributed by atoms with Crippen molar-refractivity contribution in [2.45, 2.75) is 6.42 Å². The minimum atomic E-state index is 0.387. The number of nitrogens with zero attached hydrogens (tertiary/aromatic N) is 5. The molecule has 0 fully saturated rings. The average molecular weight is 808 g/mol. The maximum Gasteiger partial charge on any atom is 0.163 e. The monoisotopic (exact) mass is 807 g/mol. The lowest BCUT2D eigenvalue weighted by Crippen LogP contribution is -2.08. The Morgan fingerprint density at radius 3 is 1.54 bits per heavy atom. The summed E-state index contributed by atoms with van der Waals surface area (Å²) in [5.41, 5.74) is 13.2. The third-order valence-electron chi connectivity index (χ3n) is 11.9. The van der Waals surface area contributed by atoms with Crippen molar-refractivity contribution in [2.75, 3.05) is 0 Å². The fraction of sp³-hybridized carbons (Fsp3) is 0.0175. The van der Waals surface area contributed by atoms with Crippen molar-refractivity contribution in [2.24, 2.45) is 0 Å². The summed E-state index contributed by atoms with van der Waals surface area (Å²) in [5.74, 6) is 2.69. The normalized spacial score (nSPS) is 11.6. The molecule has 0 aliphatic carbocycles. The molecule has 6 nitrogen and oxygen atoms in total. The molecule has 0 bridgehead atoms. The molecule has 0 amide bonds. The number of hydrogen-bond acceptors (Lipinski definition) is 5. The minimum Gasteiger partial charge on any atom is -0.456 e. The van der Waals surface area contributed by atoms with Crippen LogP contribution in [0.2, 0.25) is 0 Å². The van der Waals surface area contributed by atoms with Gasteiger partial charge in [0.2, 0.25) is 0 Å². The second-order valence-electron chi connectivity index (χ2n) is 15.8. The van der Waals surface area contributed by atoms with E-state index in [1.54, 1.807) is 0 Å². The maximum atomic E-state index is 6.50. The van der Waals surface area contributed by atoms with Crippen molar-refractivity contribution in [3.8, 4) is 62.0 Å². The molecule has 0 radical (unpaired) electrons. The van der Waals surface area contributed by atoms with Gasteiger partial charge in [-0.25, -0.2) is 19.9 Å². The fourth-order valence-electron chi connectivity index (χ4n) is 8.97. The van der Waals surface area contributed by atoms with Crippen LogP contribution in [0.4, 0.5) is 0 Å². The van der Waals surface area contributed by atoms with Gasteiger partial charge in [-0.05, 0) is 76.3 Å². The molecule has 0 unspecified atom stereocenters. The van der Waals surface area contributed by atoms with Gasteiger partial charge >= 0.3 is 0 Å². The van der Waals surface area contributed by atoms with Crippen LogP contribution < -0.4 is 0 Å². The van der Waals surface area contributed by atoms with E-state index in [1.165, 1.54) is 0 Å². The van der Waals surface area contributed by atoms with Gasteiger partial charge in [0.25, 0.3) is 0 Å². The molecule has 0 spiro atoms. The van der Waals surface area contributed by atoms with Crippen molar-refractivity contribution in [3.05, 3.63) is 224 Å². The van der Waals surface area contributed by atoms with E-state index in [9.17, 15) is 0 Å². The second kappa shape index (κ2) is 15.2. The van der Waals surface area contributed by atoms with Crippen LogP contribution in [0.25, 0.3) is 106 Å². The quantitative estimate of drug-likeness (QED) is 0.153. The number of para-hydroxylation sites is 2. The molecule has 0 saturated heterocycles. The summed E-state index contributed by atoms with van der Waals surface area (Å²) in [6.45, 7) is 0. The van der Waals surface area contributed by atoms with Crippen molar-refractivity contribution in [1.82, 2.24) is 24.5 Å². The summed E-state index contributed by atoms with van der Waals surface area (Å²) in [7, 11) is 0. The number of hydrogen-bond donors (Lipinski definition) is 0. The van der Waals surface area contributed by atoms with Crippen LogP contribution >= 0.6 is 0 Å². The topological polar surface area (TPSA) is 69.6 Å². The number of benzene rings is 8. The second-order valence-corrected chi connectivity index (χ2v) is 15.8. The Kier molecular flexibility index (Phi) is 8.78. The first kappa shape index (κ1) is 36.4. The smallest absolute Gasteiger partial charge is 0.163 e. The van der Waals surface area contributed by atoms with Crippen molar-refractivity contribution < 1.29 is 4.42 Å². The lowest BCUT2D eigenvalue weighted by atomic mass is 9.93. The summed E-state index contributed by atoms with van der Waals surface area (Å²) >= 11 is 0. The van der Waals surface area contributed by atoms with E-state index in [1.807, 2.05) is 79.0 Å². The van der Waals surface area contributed by atoms with E-state index in [0.29, 0.717) is 23.9 Å². The Balaban J connectivity index is 1.13. The highest BCUT2D eigenvalue weighted by molar-refractivity contribution is 6.24. The molecule has 6 heteroatoms. The molecule has 12 aromatic rings. The minimum absolute atomic E-state index is 0.387. The Morgan fingerprint density at radius 2 is 0.921 bits per heavy atom. The van der Waals surface area contributed by atoms with Crippen LogP contribution in [0.1, 0.15) is 11.4 Å². The molecule has 63 heavy (non-hydrogen) atoms. The third-order valence-corrected chi connectivity index (χ3v) is 11.9. The van der Waals surface area contributed by atoms with Crippen LogP contribution in [0.5, 0.6) is 0 Å². The molecule has 4 heterocycles. The Morgan fingerprint density at radius 1 is 0.397 bits per heavy atom. The highest BCUT2D eigenvalue weighted by atomic mass is 16.3. The SMILES string of the molecule is c1ccc(-c2cc(-c3ccccc3)cc(-c3cnc(-n4c5ccccc5c5ccc6oc7ccccc7c6c54)c(Cc4nc(-c5ccccc5)nc(-c5ccccc5)n4)c3)c2)cc1. The van der Waals surface area contributed by atoms with E-state index >= 15 is 0 Å². The Hall–Kier alpha value is -8.48. The number of fused-ring (bicyclic) bond motifs is 7. The average Bonchev–Trinajstić information content (AvgIpc) is 3.91. The van der Waals surface area contributed by atoms with Gasteiger partial charge in [-0.3, -0.25) is 4.57 Å². The summed E-state index contributed by atoms with van der Waals surface area (Å²) in [6.07, 6.45) is 2.41. The molecule has 296 valence electrons. The fourth-order valence-corrected chi connectivity index (χ4v) is 8.97. The molecule has 0 saturated carbocycles. The zero-order valence-corrected chi connectivity index (χ0v) is 34.1. The maximum absolute atomic E-state index is 6.50. The van der Waals surface area contributed by atoms with Crippen LogP contribution in [0.3, 0.4) is 0 Å². The zero-order chi connectivity index (χ0) is 41.7. The molecule has 12 rings (SSSR count). The van der Waals surface area contributed by atoms with Crippen LogP contribution in [0, 0.1) is 0 Å². The number of aromatic nitrogens is 5. The van der Waals surface area contributed by atoms with E-state index < -0.39 is 0 Å². The predicted octanol–water partition coefficient (Wildman–Crippen LogP) is 14.2. The van der Waals surface area contributed by atoms with Gasteiger partial charge < -0.3 is 4.42 Å². The predicted molar refractivity (Wildman–Crippen MR) is 256 cm³/mol. The van der Waals surface area contributed by atoms with Gasteiger partial charge in [0, 0.05) is 51.0 Å². The van der Waals surface area contributed by atoms with Gasteiger partial charge in [0.15, 0.2) is 11.6 Å². The van der Waals surface area contributed by atoms with E-state index in [-0.39, 0.29) is 0 Å². The summed E-state index contributed by atoms with van der Waals surface area (Å²) in [5, 5.41) is 4.38. The zero-order valence-electron chi connectivity index (χ0n) is 34.1. The molecular weight excluding hydrogens is 771 g/mol. The van der Waals surface area contributed by atoms with Crippen molar-refractivity contribution in [1.29, 1.82) is 0 Å². The van der Waals surface area contributed by atoms with Crippen LogP contribution in [-0.4, -0.2) is 24.5 Å². The highest BCUT2D eigenvalue weighted by Crippen LogP contribution is 2.42.